The molecule has 0 spiro atoms. The van der Waals surface area contributed by atoms with Crippen LogP contribution < -0.4 is 0 Å². The van der Waals surface area contributed by atoms with Crippen molar-refractivity contribution in [2.75, 3.05) is 0 Å². The van der Waals surface area contributed by atoms with Gasteiger partial charge in [0.25, 0.3) is 0 Å². The van der Waals surface area contributed by atoms with E-state index in [1.165, 1.54) is 6.33 Å². The Hall–Kier alpha value is -0.990. The molecule has 1 heterocycles. The lowest BCUT2D eigenvalue weighted by Crippen LogP contribution is -2.18. The van der Waals surface area contributed by atoms with Crippen LogP contribution in [0.15, 0.2) is 6.33 Å². The fourth-order valence-corrected chi connectivity index (χ4v) is 2.28. The van der Waals surface area contributed by atoms with E-state index in [4.69, 9.17) is 0 Å². The monoisotopic (exact) mass is 208 g/mol. The van der Waals surface area contributed by atoms with Crippen molar-refractivity contribution in [3.63, 3.8) is 0 Å². The quantitative estimate of drug-likeness (QED) is 0.653. The number of alkyl halides is 1. The van der Waals surface area contributed by atoms with Gasteiger partial charge in [-0.25, -0.2) is 14.4 Å². The average molecular weight is 208 g/mol. The fraction of sp³-hybridized carbons (Fsp3) is 0.667. The van der Waals surface area contributed by atoms with Gasteiger partial charge in [0.1, 0.15) is 12.5 Å². The lowest BCUT2D eigenvalue weighted by Gasteiger charge is -2.22. The molecule has 0 saturated heterocycles. The second kappa shape index (κ2) is 3.26. The Bertz CT molecular complexity index is 382. The van der Waals surface area contributed by atoms with Gasteiger partial charge in [-0.05, 0) is 12.3 Å². The minimum atomic E-state index is -0.904. The van der Waals surface area contributed by atoms with Crippen LogP contribution in [-0.2, 0) is 5.41 Å². The highest BCUT2D eigenvalue weighted by Crippen LogP contribution is 2.44. The van der Waals surface area contributed by atoms with Crippen LogP contribution in [0.25, 0.3) is 0 Å². The van der Waals surface area contributed by atoms with E-state index in [2.05, 4.69) is 37.7 Å². The zero-order valence-corrected chi connectivity index (χ0v) is 9.71. The molecular weight excluding hydrogens is 191 g/mol. The summed E-state index contributed by atoms with van der Waals surface area (Å²) in [7, 11) is 0. The minimum Gasteiger partial charge on any atom is -0.241 e. The van der Waals surface area contributed by atoms with Crippen molar-refractivity contribution < 1.29 is 4.39 Å². The summed E-state index contributed by atoms with van der Waals surface area (Å²) in [4.78, 5) is 8.41. The molecule has 2 nitrogen and oxygen atoms in total. The SMILES string of the molecule is C[C@H]1C[C@@H](F)c2ncnc(C(C)(C)C)c21. The number of fused-ring (bicyclic) bond motifs is 1. The van der Waals surface area contributed by atoms with Crippen LogP contribution in [0.4, 0.5) is 4.39 Å². The highest BCUT2D eigenvalue weighted by atomic mass is 19.1. The number of nitrogens with zero attached hydrogens (tertiary/aromatic N) is 2. The molecule has 0 unspecified atom stereocenters. The van der Waals surface area contributed by atoms with Gasteiger partial charge in [0.15, 0.2) is 0 Å². The summed E-state index contributed by atoms with van der Waals surface area (Å²) < 4.78 is 13.6. The first kappa shape index (κ1) is 10.5. The predicted molar refractivity (Wildman–Crippen MR) is 57.6 cm³/mol. The molecule has 0 radical (unpaired) electrons. The van der Waals surface area contributed by atoms with E-state index in [-0.39, 0.29) is 11.3 Å². The Morgan fingerprint density at radius 3 is 2.60 bits per heavy atom. The van der Waals surface area contributed by atoms with E-state index in [0.29, 0.717) is 12.1 Å². The summed E-state index contributed by atoms with van der Waals surface area (Å²) >= 11 is 0. The van der Waals surface area contributed by atoms with Crippen molar-refractivity contribution in [2.24, 2.45) is 0 Å². The van der Waals surface area contributed by atoms with Gasteiger partial charge < -0.3 is 0 Å². The van der Waals surface area contributed by atoms with Crippen molar-refractivity contribution in [1.29, 1.82) is 0 Å². The molecule has 82 valence electrons. The summed E-state index contributed by atoms with van der Waals surface area (Å²) in [6, 6.07) is 0. The smallest absolute Gasteiger partial charge is 0.143 e. The predicted octanol–water partition coefficient (Wildman–Crippen LogP) is 3.29. The molecule has 1 aliphatic rings. The molecule has 0 amide bonds. The van der Waals surface area contributed by atoms with Gasteiger partial charge in [-0.3, -0.25) is 0 Å². The Kier molecular flexibility index (Phi) is 2.28. The van der Waals surface area contributed by atoms with E-state index in [1.807, 2.05) is 0 Å². The maximum Gasteiger partial charge on any atom is 0.143 e. The van der Waals surface area contributed by atoms with Gasteiger partial charge >= 0.3 is 0 Å². The molecule has 1 aromatic rings. The fourth-order valence-electron chi connectivity index (χ4n) is 2.28. The summed E-state index contributed by atoms with van der Waals surface area (Å²) in [6.45, 7) is 8.37. The highest BCUT2D eigenvalue weighted by Gasteiger charge is 2.35. The zero-order chi connectivity index (χ0) is 11.2. The summed E-state index contributed by atoms with van der Waals surface area (Å²) in [5.74, 6) is 0.241. The third-order valence-electron chi connectivity index (χ3n) is 2.98. The van der Waals surface area contributed by atoms with Crippen LogP contribution in [0.1, 0.15) is 63.2 Å². The summed E-state index contributed by atoms with van der Waals surface area (Å²) in [5.41, 5.74) is 2.62. The van der Waals surface area contributed by atoms with Gasteiger partial charge in [0.05, 0.1) is 11.4 Å². The van der Waals surface area contributed by atoms with Crippen molar-refractivity contribution >= 4 is 0 Å². The molecule has 2 atom stereocenters. The molecule has 3 heteroatoms. The number of hydrogen-bond acceptors (Lipinski definition) is 2. The van der Waals surface area contributed by atoms with E-state index >= 15 is 0 Å². The summed E-state index contributed by atoms with van der Waals surface area (Å²) in [5, 5.41) is 0. The Balaban J connectivity index is 2.61. The highest BCUT2D eigenvalue weighted by molar-refractivity contribution is 5.37. The lowest BCUT2D eigenvalue weighted by molar-refractivity contribution is 0.326. The van der Waals surface area contributed by atoms with Crippen molar-refractivity contribution in [2.45, 2.75) is 51.6 Å². The third kappa shape index (κ3) is 1.64. The van der Waals surface area contributed by atoms with Crippen LogP contribution in [0.5, 0.6) is 0 Å². The number of aromatic nitrogens is 2. The third-order valence-corrected chi connectivity index (χ3v) is 2.98. The van der Waals surface area contributed by atoms with E-state index < -0.39 is 6.17 Å². The van der Waals surface area contributed by atoms with Gasteiger partial charge in [-0.15, -0.1) is 0 Å². The first-order chi connectivity index (χ1) is 6.91. The molecule has 2 rings (SSSR count). The standard InChI is InChI=1S/C12H17FN2/c1-7-5-8(13)10-9(7)11(12(2,3)4)15-6-14-10/h6-8H,5H2,1-4H3/t7-,8+/m0/s1. The Labute approximate surface area is 89.9 Å². The average Bonchev–Trinajstić information content (AvgIpc) is 2.41. The number of halogens is 1. The van der Waals surface area contributed by atoms with Crippen LogP contribution in [0.3, 0.4) is 0 Å². The molecule has 0 aliphatic heterocycles. The Morgan fingerprint density at radius 2 is 2.00 bits per heavy atom. The van der Waals surface area contributed by atoms with Crippen molar-refractivity contribution in [3.8, 4) is 0 Å². The van der Waals surface area contributed by atoms with E-state index in [1.54, 1.807) is 0 Å². The second-order valence-electron chi connectivity index (χ2n) is 5.38. The van der Waals surface area contributed by atoms with Crippen LogP contribution in [0, 0.1) is 0 Å². The molecule has 15 heavy (non-hydrogen) atoms. The van der Waals surface area contributed by atoms with Gasteiger partial charge in [-0.1, -0.05) is 27.7 Å². The Morgan fingerprint density at radius 1 is 1.33 bits per heavy atom. The summed E-state index contributed by atoms with van der Waals surface area (Å²) in [6.07, 6.45) is 1.14. The molecule has 0 fully saturated rings. The first-order valence-electron chi connectivity index (χ1n) is 5.40. The normalized spacial score (nSPS) is 25.4. The van der Waals surface area contributed by atoms with Crippen LogP contribution >= 0.6 is 0 Å². The van der Waals surface area contributed by atoms with Crippen molar-refractivity contribution in [1.82, 2.24) is 9.97 Å². The second-order valence-corrected chi connectivity index (χ2v) is 5.38. The van der Waals surface area contributed by atoms with Gasteiger partial charge in [0.2, 0.25) is 0 Å². The molecule has 1 aliphatic carbocycles. The molecule has 1 aromatic heterocycles. The van der Waals surface area contributed by atoms with E-state index in [9.17, 15) is 4.39 Å². The topological polar surface area (TPSA) is 25.8 Å². The molecular formula is C12H17FN2. The number of rotatable bonds is 0. The van der Waals surface area contributed by atoms with E-state index in [0.717, 1.165) is 11.3 Å². The zero-order valence-electron chi connectivity index (χ0n) is 9.71. The van der Waals surface area contributed by atoms with Crippen molar-refractivity contribution in [3.05, 3.63) is 23.3 Å². The maximum atomic E-state index is 13.6. The molecule has 0 aromatic carbocycles. The maximum absolute atomic E-state index is 13.6. The minimum absolute atomic E-state index is 0.0364. The van der Waals surface area contributed by atoms with Gasteiger partial charge in [0, 0.05) is 11.0 Å². The van der Waals surface area contributed by atoms with Crippen LogP contribution in [0.2, 0.25) is 0 Å². The first-order valence-corrected chi connectivity index (χ1v) is 5.40. The van der Waals surface area contributed by atoms with Gasteiger partial charge in [-0.2, -0.15) is 0 Å². The largest absolute Gasteiger partial charge is 0.241 e. The van der Waals surface area contributed by atoms with Crippen LogP contribution in [-0.4, -0.2) is 9.97 Å². The number of hydrogen-bond donors (Lipinski definition) is 0. The molecule has 0 bridgehead atoms. The lowest BCUT2D eigenvalue weighted by atomic mass is 9.86. The molecule has 0 saturated carbocycles. The molecule has 0 N–H and O–H groups in total.